The molecule has 0 spiro atoms. The molecule has 4 nitrogen and oxygen atoms in total. The van der Waals surface area contributed by atoms with E-state index in [0.717, 1.165) is 44.9 Å². The molecule has 4 heteroatoms. The summed E-state index contributed by atoms with van der Waals surface area (Å²) in [6, 6.07) is 6.92. The molecule has 1 atom stereocenters. The van der Waals surface area contributed by atoms with Gasteiger partial charge in [-0.05, 0) is 36.5 Å². The minimum absolute atomic E-state index is 0.541. The zero-order valence-electron chi connectivity index (χ0n) is 13.4. The molecule has 1 unspecified atom stereocenters. The Labute approximate surface area is 128 Å². The number of ether oxygens (including phenoxy) is 3. The molecule has 21 heavy (non-hydrogen) atoms. The van der Waals surface area contributed by atoms with Crippen molar-refractivity contribution in [3.8, 4) is 5.75 Å². The Kier molecular flexibility index (Phi) is 6.49. The van der Waals surface area contributed by atoms with Crippen LogP contribution in [-0.2, 0) is 22.3 Å². The van der Waals surface area contributed by atoms with Gasteiger partial charge in [-0.3, -0.25) is 4.90 Å². The predicted molar refractivity (Wildman–Crippen MR) is 84.1 cm³/mol. The quantitative estimate of drug-likeness (QED) is 0.735. The van der Waals surface area contributed by atoms with Crippen LogP contribution in [0.4, 0.5) is 0 Å². The molecule has 0 bridgehead atoms. The summed E-state index contributed by atoms with van der Waals surface area (Å²) >= 11 is 0. The van der Waals surface area contributed by atoms with Gasteiger partial charge in [0.1, 0.15) is 5.75 Å². The van der Waals surface area contributed by atoms with Gasteiger partial charge in [0.25, 0.3) is 0 Å². The topological polar surface area (TPSA) is 30.9 Å². The number of hydrogen-bond donors (Lipinski definition) is 0. The highest BCUT2D eigenvalue weighted by Gasteiger charge is 2.25. The van der Waals surface area contributed by atoms with E-state index in [0.29, 0.717) is 6.04 Å². The lowest BCUT2D eigenvalue weighted by Gasteiger charge is -2.35. The molecule has 0 aromatic heterocycles. The first-order valence-corrected chi connectivity index (χ1v) is 7.66. The predicted octanol–water partition coefficient (Wildman–Crippen LogP) is 2.15. The molecular weight excluding hydrogens is 266 g/mol. The van der Waals surface area contributed by atoms with Crippen LogP contribution in [0.2, 0.25) is 0 Å². The van der Waals surface area contributed by atoms with E-state index in [1.54, 1.807) is 21.3 Å². The molecule has 2 rings (SSSR count). The van der Waals surface area contributed by atoms with Crippen molar-refractivity contribution < 1.29 is 14.2 Å². The number of aryl methyl sites for hydroxylation is 1. The molecular formula is C17H27NO3. The van der Waals surface area contributed by atoms with Gasteiger partial charge in [-0.1, -0.05) is 12.1 Å². The highest BCUT2D eigenvalue weighted by Crippen LogP contribution is 2.31. The summed E-state index contributed by atoms with van der Waals surface area (Å²) in [5.41, 5.74) is 2.81. The number of methoxy groups -OCH3 is 3. The number of rotatable bonds is 8. The molecule has 1 aliphatic carbocycles. The van der Waals surface area contributed by atoms with Crippen LogP contribution in [0.15, 0.2) is 18.2 Å². The average Bonchev–Trinajstić information content (AvgIpc) is 2.54. The standard InChI is InChI=1S/C17H27NO3/c1-19-11-9-18(10-12-20-2)15-8-7-14-5-4-6-17(21-3)16(14)13-15/h4-6,15H,7-13H2,1-3H3. The maximum absolute atomic E-state index is 5.54. The fraction of sp³-hybridized carbons (Fsp3) is 0.647. The minimum Gasteiger partial charge on any atom is -0.496 e. The van der Waals surface area contributed by atoms with E-state index >= 15 is 0 Å². The third-order valence-electron chi connectivity index (χ3n) is 4.32. The molecule has 0 saturated heterocycles. The number of fused-ring (bicyclic) bond motifs is 1. The molecule has 1 aromatic rings. The van der Waals surface area contributed by atoms with Gasteiger partial charge in [-0.2, -0.15) is 0 Å². The van der Waals surface area contributed by atoms with E-state index in [2.05, 4.69) is 23.1 Å². The molecule has 0 aliphatic heterocycles. The Bertz CT molecular complexity index is 414. The van der Waals surface area contributed by atoms with E-state index in [9.17, 15) is 0 Å². The van der Waals surface area contributed by atoms with Crippen LogP contribution in [0.1, 0.15) is 17.5 Å². The molecule has 0 saturated carbocycles. The maximum atomic E-state index is 5.54. The van der Waals surface area contributed by atoms with Crippen LogP contribution in [0.3, 0.4) is 0 Å². The molecule has 0 heterocycles. The Morgan fingerprint density at radius 3 is 2.43 bits per heavy atom. The first-order valence-electron chi connectivity index (χ1n) is 7.66. The SMILES string of the molecule is COCCN(CCOC)C1CCc2cccc(OC)c2C1. The van der Waals surface area contributed by atoms with E-state index < -0.39 is 0 Å². The summed E-state index contributed by atoms with van der Waals surface area (Å²) in [5, 5.41) is 0. The zero-order chi connectivity index (χ0) is 15.1. The summed E-state index contributed by atoms with van der Waals surface area (Å²) in [4.78, 5) is 2.49. The number of benzene rings is 1. The molecule has 118 valence electrons. The molecule has 0 amide bonds. The van der Waals surface area contributed by atoms with Crippen molar-refractivity contribution in [3.05, 3.63) is 29.3 Å². The van der Waals surface area contributed by atoms with Gasteiger partial charge in [-0.15, -0.1) is 0 Å². The van der Waals surface area contributed by atoms with Crippen LogP contribution >= 0.6 is 0 Å². The Hall–Kier alpha value is -1.10. The van der Waals surface area contributed by atoms with E-state index in [-0.39, 0.29) is 0 Å². The Morgan fingerprint density at radius 2 is 1.81 bits per heavy atom. The van der Waals surface area contributed by atoms with Crippen LogP contribution in [0.5, 0.6) is 5.75 Å². The van der Waals surface area contributed by atoms with E-state index in [4.69, 9.17) is 14.2 Å². The average molecular weight is 293 g/mol. The fourth-order valence-corrected chi connectivity index (χ4v) is 3.13. The van der Waals surface area contributed by atoms with Crippen LogP contribution in [0.25, 0.3) is 0 Å². The maximum Gasteiger partial charge on any atom is 0.122 e. The summed E-state index contributed by atoms with van der Waals surface area (Å²) in [6.45, 7) is 3.43. The highest BCUT2D eigenvalue weighted by atomic mass is 16.5. The highest BCUT2D eigenvalue weighted by molar-refractivity contribution is 5.42. The van der Waals surface area contributed by atoms with Gasteiger partial charge in [-0.25, -0.2) is 0 Å². The summed E-state index contributed by atoms with van der Waals surface area (Å²) < 4.78 is 16.0. The third-order valence-corrected chi connectivity index (χ3v) is 4.32. The summed E-state index contributed by atoms with van der Waals surface area (Å²) in [7, 11) is 5.27. The first kappa shape index (κ1) is 16.3. The van der Waals surface area contributed by atoms with Gasteiger partial charge in [0.05, 0.1) is 20.3 Å². The molecule has 1 aliphatic rings. The van der Waals surface area contributed by atoms with Crippen LogP contribution in [0, 0.1) is 0 Å². The van der Waals surface area contributed by atoms with Crippen molar-refractivity contribution in [2.24, 2.45) is 0 Å². The van der Waals surface area contributed by atoms with Crippen molar-refractivity contribution in [2.45, 2.75) is 25.3 Å². The van der Waals surface area contributed by atoms with E-state index in [1.807, 2.05) is 0 Å². The van der Waals surface area contributed by atoms with Gasteiger partial charge in [0, 0.05) is 33.4 Å². The zero-order valence-corrected chi connectivity index (χ0v) is 13.4. The van der Waals surface area contributed by atoms with Gasteiger partial charge < -0.3 is 14.2 Å². The Morgan fingerprint density at radius 1 is 1.10 bits per heavy atom. The van der Waals surface area contributed by atoms with Crippen molar-refractivity contribution in [1.82, 2.24) is 4.90 Å². The first-order chi connectivity index (χ1) is 10.3. The number of nitrogens with zero attached hydrogens (tertiary/aromatic N) is 1. The van der Waals surface area contributed by atoms with Crippen LogP contribution in [-0.4, -0.2) is 58.6 Å². The van der Waals surface area contributed by atoms with Crippen molar-refractivity contribution >= 4 is 0 Å². The van der Waals surface area contributed by atoms with E-state index in [1.165, 1.54) is 17.5 Å². The monoisotopic (exact) mass is 293 g/mol. The molecule has 0 radical (unpaired) electrons. The second-order valence-electron chi connectivity index (χ2n) is 5.52. The molecule has 1 aromatic carbocycles. The lowest BCUT2D eigenvalue weighted by molar-refractivity contribution is 0.0820. The second-order valence-corrected chi connectivity index (χ2v) is 5.52. The lowest BCUT2D eigenvalue weighted by Crippen LogP contribution is -2.43. The minimum atomic E-state index is 0.541. The Balaban J connectivity index is 2.09. The summed E-state index contributed by atoms with van der Waals surface area (Å²) in [6.07, 6.45) is 3.36. The van der Waals surface area contributed by atoms with Gasteiger partial charge in [0.15, 0.2) is 0 Å². The molecule has 0 fully saturated rings. The smallest absolute Gasteiger partial charge is 0.122 e. The second kappa shape index (κ2) is 8.37. The molecule has 0 N–H and O–H groups in total. The normalized spacial score (nSPS) is 17.8. The largest absolute Gasteiger partial charge is 0.496 e. The van der Waals surface area contributed by atoms with Crippen molar-refractivity contribution in [3.63, 3.8) is 0 Å². The number of hydrogen-bond acceptors (Lipinski definition) is 4. The van der Waals surface area contributed by atoms with Gasteiger partial charge in [0.2, 0.25) is 0 Å². The van der Waals surface area contributed by atoms with Crippen LogP contribution < -0.4 is 4.74 Å². The van der Waals surface area contributed by atoms with Gasteiger partial charge >= 0.3 is 0 Å². The summed E-state index contributed by atoms with van der Waals surface area (Å²) in [5.74, 6) is 1.02. The van der Waals surface area contributed by atoms with Crippen molar-refractivity contribution in [2.75, 3.05) is 47.6 Å². The fourth-order valence-electron chi connectivity index (χ4n) is 3.13. The van der Waals surface area contributed by atoms with Crippen molar-refractivity contribution in [1.29, 1.82) is 0 Å². The lowest BCUT2D eigenvalue weighted by atomic mass is 9.87. The third kappa shape index (κ3) is 4.19.